The highest BCUT2D eigenvalue weighted by Gasteiger charge is 2.38. The minimum Gasteiger partial charge on any atom is -0.493 e. The van der Waals surface area contributed by atoms with Crippen LogP contribution in [0, 0.1) is 12.8 Å². The first-order valence-corrected chi connectivity index (χ1v) is 10.1. The molecular formula is C23H25ClN2O3. The molecule has 0 aromatic heterocycles. The van der Waals surface area contributed by atoms with E-state index in [-0.39, 0.29) is 17.5 Å². The van der Waals surface area contributed by atoms with Crippen LogP contribution in [0.15, 0.2) is 48.2 Å². The normalized spacial score (nSPS) is 14.2. The van der Waals surface area contributed by atoms with Crippen LogP contribution in [-0.4, -0.2) is 29.9 Å². The second kappa shape index (κ2) is 8.70. The van der Waals surface area contributed by atoms with E-state index in [1.54, 1.807) is 25.1 Å². The molecule has 0 saturated carbocycles. The SMILES string of the molecule is CCN1C(=O)C(Nc2ccc(C)c(Cl)c2)=C(c2ccc(OCC(C)C)cc2)C1=O. The van der Waals surface area contributed by atoms with E-state index in [0.717, 1.165) is 11.3 Å². The number of imide groups is 1. The van der Waals surface area contributed by atoms with E-state index in [4.69, 9.17) is 16.3 Å². The van der Waals surface area contributed by atoms with Crippen molar-refractivity contribution in [3.8, 4) is 5.75 Å². The van der Waals surface area contributed by atoms with Crippen LogP contribution < -0.4 is 10.1 Å². The summed E-state index contributed by atoms with van der Waals surface area (Å²) in [5, 5.41) is 3.70. The lowest BCUT2D eigenvalue weighted by atomic mass is 10.0. The number of rotatable bonds is 7. The molecule has 0 fully saturated rings. The van der Waals surface area contributed by atoms with Gasteiger partial charge < -0.3 is 10.1 Å². The second-order valence-electron chi connectivity index (χ2n) is 7.42. The smallest absolute Gasteiger partial charge is 0.278 e. The van der Waals surface area contributed by atoms with Gasteiger partial charge in [0.1, 0.15) is 11.4 Å². The molecule has 1 aliphatic rings. The van der Waals surface area contributed by atoms with Crippen LogP contribution in [0.4, 0.5) is 5.69 Å². The Morgan fingerprint density at radius 3 is 2.34 bits per heavy atom. The zero-order valence-corrected chi connectivity index (χ0v) is 17.8. The van der Waals surface area contributed by atoms with Crippen molar-refractivity contribution in [1.82, 2.24) is 4.90 Å². The predicted molar refractivity (Wildman–Crippen MR) is 116 cm³/mol. The molecule has 0 spiro atoms. The summed E-state index contributed by atoms with van der Waals surface area (Å²) in [5.74, 6) is 0.493. The number of ether oxygens (including phenoxy) is 1. The van der Waals surface area contributed by atoms with Gasteiger partial charge in [0.15, 0.2) is 0 Å². The van der Waals surface area contributed by atoms with E-state index in [1.165, 1.54) is 4.90 Å². The monoisotopic (exact) mass is 412 g/mol. The van der Waals surface area contributed by atoms with Crippen LogP contribution in [0.2, 0.25) is 5.02 Å². The molecule has 0 unspecified atom stereocenters. The summed E-state index contributed by atoms with van der Waals surface area (Å²) < 4.78 is 5.71. The summed E-state index contributed by atoms with van der Waals surface area (Å²) >= 11 is 6.21. The second-order valence-corrected chi connectivity index (χ2v) is 7.83. The average molecular weight is 413 g/mol. The summed E-state index contributed by atoms with van der Waals surface area (Å²) in [7, 11) is 0. The zero-order chi connectivity index (χ0) is 21.1. The molecule has 2 aromatic rings. The van der Waals surface area contributed by atoms with Gasteiger partial charge in [0.2, 0.25) is 0 Å². The van der Waals surface area contributed by atoms with Gasteiger partial charge in [-0.05, 0) is 55.2 Å². The Kier molecular flexibility index (Phi) is 6.28. The number of nitrogens with one attached hydrogen (secondary N) is 1. The minimum atomic E-state index is -0.343. The number of aryl methyl sites for hydroxylation is 1. The third-order valence-corrected chi connectivity index (χ3v) is 5.06. The molecule has 2 amide bonds. The Hall–Kier alpha value is -2.79. The molecular weight excluding hydrogens is 388 g/mol. The highest BCUT2D eigenvalue weighted by atomic mass is 35.5. The molecule has 2 aromatic carbocycles. The van der Waals surface area contributed by atoms with Gasteiger partial charge in [-0.3, -0.25) is 14.5 Å². The first kappa shape index (κ1) is 20.9. The number of carbonyl (C=O) groups is 2. The molecule has 0 aliphatic carbocycles. The van der Waals surface area contributed by atoms with Crippen LogP contribution in [-0.2, 0) is 9.59 Å². The number of amides is 2. The van der Waals surface area contributed by atoms with Gasteiger partial charge in [-0.2, -0.15) is 0 Å². The number of halogens is 1. The van der Waals surface area contributed by atoms with Crippen LogP contribution >= 0.6 is 11.6 Å². The standard InChI is InChI=1S/C23H25ClN2O3/c1-5-26-22(27)20(16-7-10-18(11-8-16)29-13-14(2)3)21(23(26)28)25-17-9-6-15(4)19(24)12-17/h6-12,14,25H,5,13H2,1-4H3. The van der Waals surface area contributed by atoms with Crippen LogP contribution in [0.3, 0.4) is 0 Å². The molecule has 152 valence electrons. The Balaban J connectivity index is 1.97. The van der Waals surface area contributed by atoms with Crippen LogP contribution in [0.1, 0.15) is 31.9 Å². The van der Waals surface area contributed by atoms with Crippen molar-refractivity contribution < 1.29 is 14.3 Å². The summed E-state index contributed by atoms with van der Waals surface area (Å²) in [5.41, 5.74) is 2.87. The number of nitrogens with zero attached hydrogens (tertiary/aromatic N) is 1. The number of anilines is 1. The fraction of sp³-hybridized carbons (Fsp3) is 0.304. The molecule has 0 atom stereocenters. The van der Waals surface area contributed by atoms with Gasteiger partial charge in [0.25, 0.3) is 11.8 Å². The minimum absolute atomic E-state index is 0.257. The van der Waals surface area contributed by atoms with Gasteiger partial charge in [0, 0.05) is 17.3 Å². The molecule has 0 bridgehead atoms. The third kappa shape index (κ3) is 4.46. The van der Waals surface area contributed by atoms with Crippen LogP contribution in [0.25, 0.3) is 5.57 Å². The Bertz CT molecular complexity index is 965. The lowest BCUT2D eigenvalue weighted by molar-refractivity contribution is -0.136. The Labute approximate surface area is 176 Å². The quantitative estimate of drug-likeness (QED) is 0.657. The van der Waals surface area contributed by atoms with Crippen molar-refractivity contribution >= 4 is 34.7 Å². The number of hydrogen-bond acceptors (Lipinski definition) is 4. The first-order valence-electron chi connectivity index (χ1n) is 9.68. The predicted octanol–water partition coefficient (Wildman–Crippen LogP) is 4.90. The van der Waals surface area contributed by atoms with Gasteiger partial charge >= 0.3 is 0 Å². The van der Waals surface area contributed by atoms with E-state index in [1.807, 2.05) is 31.2 Å². The summed E-state index contributed by atoms with van der Waals surface area (Å²) in [4.78, 5) is 27.0. The van der Waals surface area contributed by atoms with Crippen molar-refractivity contribution in [1.29, 1.82) is 0 Å². The maximum Gasteiger partial charge on any atom is 0.278 e. The number of carbonyl (C=O) groups excluding carboxylic acids is 2. The lowest BCUT2D eigenvalue weighted by Crippen LogP contribution is -2.32. The maximum absolute atomic E-state index is 12.9. The highest BCUT2D eigenvalue weighted by Crippen LogP contribution is 2.32. The van der Waals surface area contributed by atoms with Crippen molar-refractivity contribution in [2.45, 2.75) is 27.7 Å². The topological polar surface area (TPSA) is 58.6 Å². The van der Waals surface area contributed by atoms with Gasteiger partial charge in [-0.25, -0.2) is 0 Å². The van der Waals surface area contributed by atoms with Gasteiger partial charge in [0.05, 0.1) is 12.2 Å². The summed E-state index contributed by atoms with van der Waals surface area (Å²) in [6.07, 6.45) is 0. The molecule has 0 radical (unpaired) electrons. The average Bonchev–Trinajstić information content (AvgIpc) is 2.92. The Morgan fingerprint density at radius 1 is 1.07 bits per heavy atom. The largest absolute Gasteiger partial charge is 0.493 e. The van der Waals surface area contributed by atoms with Gasteiger partial charge in [-0.15, -0.1) is 0 Å². The van der Waals surface area contributed by atoms with E-state index >= 15 is 0 Å². The fourth-order valence-corrected chi connectivity index (χ4v) is 3.22. The Morgan fingerprint density at radius 2 is 1.76 bits per heavy atom. The molecule has 29 heavy (non-hydrogen) atoms. The lowest BCUT2D eigenvalue weighted by Gasteiger charge is -2.12. The molecule has 0 saturated heterocycles. The molecule has 1 aliphatic heterocycles. The summed E-state index contributed by atoms with van der Waals surface area (Å²) in [6.45, 7) is 8.76. The van der Waals surface area contributed by atoms with Crippen molar-refractivity contribution in [2.24, 2.45) is 5.92 Å². The molecule has 5 nitrogen and oxygen atoms in total. The molecule has 1 N–H and O–H groups in total. The van der Waals surface area contributed by atoms with Crippen molar-refractivity contribution in [3.05, 3.63) is 64.3 Å². The number of likely N-dealkylation sites (N-methyl/N-ethyl adjacent to an activating group) is 1. The van der Waals surface area contributed by atoms with Crippen LogP contribution in [0.5, 0.6) is 5.75 Å². The highest BCUT2D eigenvalue weighted by molar-refractivity contribution is 6.36. The summed E-state index contributed by atoms with van der Waals surface area (Å²) in [6, 6.07) is 12.7. The van der Waals surface area contributed by atoms with E-state index in [0.29, 0.717) is 40.9 Å². The van der Waals surface area contributed by atoms with Crippen molar-refractivity contribution in [2.75, 3.05) is 18.5 Å². The zero-order valence-electron chi connectivity index (χ0n) is 17.1. The van der Waals surface area contributed by atoms with E-state index in [9.17, 15) is 9.59 Å². The third-order valence-electron chi connectivity index (χ3n) is 4.65. The number of benzene rings is 2. The number of hydrogen-bond donors (Lipinski definition) is 1. The molecule has 6 heteroatoms. The van der Waals surface area contributed by atoms with E-state index < -0.39 is 0 Å². The maximum atomic E-state index is 12.9. The molecule has 1 heterocycles. The first-order chi connectivity index (χ1) is 13.8. The fourth-order valence-electron chi connectivity index (χ4n) is 3.04. The van der Waals surface area contributed by atoms with Crippen molar-refractivity contribution in [3.63, 3.8) is 0 Å². The molecule has 3 rings (SSSR count). The van der Waals surface area contributed by atoms with E-state index in [2.05, 4.69) is 19.2 Å². The van der Waals surface area contributed by atoms with Gasteiger partial charge in [-0.1, -0.05) is 43.6 Å².